The molecule has 1 aliphatic carbocycles. The summed E-state index contributed by atoms with van der Waals surface area (Å²) in [7, 11) is 0. The summed E-state index contributed by atoms with van der Waals surface area (Å²) >= 11 is 1.35. The van der Waals surface area contributed by atoms with Crippen LogP contribution in [0.15, 0.2) is 40.5 Å². The number of alkyl halides is 1. The van der Waals surface area contributed by atoms with Gasteiger partial charge >= 0.3 is 0 Å². The molecule has 0 atom stereocenters. The average Bonchev–Trinajstić information content (AvgIpc) is 3.44. The molecule has 0 amide bonds. The van der Waals surface area contributed by atoms with Gasteiger partial charge in [0.15, 0.2) is 11.0 Å². The van der Waals surface area contributed by atoms with Crippen molar-refractivity contribution in [2.75, 3.05) is 23.3 Å². The van der Waals surface area contributed by atoms with Crippen molar-refractivity contribution in [1.82, 2.24) is 30.9 Å². The molecule has 8 nitrogen and oxygen atoms in total. The Morgan fingerprint density at radius 2 is 2.07 bits per heavy atom. The molecule has 0 bridgehead atoms. The molecule has 10 heteroatoms. The molecule has 0 aromatic carbocycles. The van der Waals surface area contributed by atoms with Gasteiger partial charge in [0.25, 0.3) is 0 Å². The number of halogens is 1. The number of hydrogen-bond acceptors (Lipinski definition) is 7. The van der Waals surface area contributed by atoms with E-state index in [1.54, 1.807) is 12.3 Å². The number of aromatic nitrogens is 5. The molecule has 4 heterocycles. The van der Waals surface area contributed by atoms with Crippen molar-refractivity contribution < 1.29 is 4.39 Å². The molecule has 1 saturated heterocycles. The van der Waals surface area contributed by atoms with Gasteiger partial charge in [-0.25, -0.2) is 19.3 Å². The van der Waals surface area contributed by atoms with Gasteiger partial charge in [0, 0.05) is 28.9 Å². The summed E-state index contributed by atoms with van der Waals surface area (Å²) < 4.78 is 14.8. The van der Waals surface area contributed by atoms with Crippen LogP contribution in [0, 0.1) is 12.8 Å². The maximum atomic E-state index is 14.8. The summed E-state index contributed by atoms with van der Waals surface area (Å²) in [5.74, 6) is 2.35. The van der Waals surface area contributed by atoms with Crippen molar-refractivity contribution in [2.24, 2.45) is 5.92 Å². The Morgan fingerprint density at radius 1 is 1.24 bits per heavy atom. The molecule has 3 aromatic rings. The van der Waals surface area contributed by atoms with E-state index in [0.717, 1.165) is 23.4 Å². The fourth-order valence-corrected chi connectivity index (χ4v) is 4.19. The minimum absolute atomic E-state index is 0.202. The molecule has 0 unspecified atom stereocenters. The van der Waals surface area contributed by atoms with Gasteiger partial charge in [0.1, 0.15) is 23.1 Å². The summed E-state index contributed by atoms with van der Waals surface area (Å²) in [5, 5.41) is 10.8. The van der Waals surface area contributed by atoms with Crippen molar-refractivity contribution >= 4 is 35.0 Å². The number of hydrogen-bond donors (Lipinski definition) is 2. The van der Waals surface area contributed by atoms with Crippen LogP contribution in [0.1, 0.15) is 18.5 Å². The smallest absolute Gasteiger partial charge is 0.196 e. The summed E-state index contributed by atoms with van der Waals surface area (Å²) in [5.41, 5.74) is 7.37. The molecule has 2 aliphatic rings. The van der Waals surface area contributed by atoms with Crippen molar-refractivity contribution in [2.45, 2.75) is 35.5 Å². The van der Waals surface area contributed by atoms with Gasteiger partial charge in [0.05, 0.1) is 13.1 Å². The fourth-order valence-electron chi connectivity index (χ4n) is 3.45. The Kier molecular flexibility index (Phi) is 4.30. The molecule has 5 rings (SSSR count). The van der Waals surface area contributed by atoms with E-state index in [9.17, 15) is 4.39 Å². The second-order valence-electron chi connectivity index (χ2n) is 7.60. The van der Waals surface area contributed by atoms with Crippen LogP contribution in [-0.2, 0) is 0 Å². The highest BCUT2D eigenvalue weighted by Gasteiger charge is 2.54. The molecule has 1 radical (unpaired) electrons. The predicted octanol–water partition coefficient (Wildman–Crippen LogP) is 3.65. The van der Waals surface area contributed by atoms with Gasteiger partial charge < -0.3 is 10.2 Å². The number of pyridine rings is 1. The highest BCUT2D eigenvalue weighted by atomic mass is 32.2. The van der Waals surface area contributed by atoms with Crippen LogP contribution in [-0.4, -0.2) is 43.9 Å². The summed E-state index contributed by atoms with van der Waals surface area (Å²) in [4.78, 5) is 16.0. The van der Waals surface area contributed by atoms with E-state index in [1.807, 2.05) is 30.0 Å². The molecule has 3 aromatic heterocycles. The lowest BCUT2D eigenvalue weighted by atomic mass is 9.91. The maximum Gasteiger partial charge on any atom is 0.196 e. The number of anilines is 3. The van der Waals surface area contributed by atoms with Gasteiger partial charge in [-0.2, -0.15) is 5.10 Å². The zero-order valence-electron chi connectivity index (χ0n) is 15.8. The quantitative estimate of drug-likeness (QED) is 0.596. The third-order valence-electron chi connectivity index (χ3n) is 5.14. The maximum absolute atomic E-state index is 14.8. The Morgan fingerprint density at radius 3 is 2.72 bits per heavy atom. The lowest BCUT2D eigenvalue weighted by molar-refractivity contribution is 0.0924. The third kappa shape index (κ3) is 3.84. The van der Waals surface area contributed by atoms with E-state index in [1.165, 1.54) is 11.8 Å². The number of H-pyrrole nitrogens is 1. The number of aromatic amines is 1. The number of nitrogens with zero attached hydrogens (tertiary/aromatic N) is 5. The van der Waals surface area contributed by atoms with E-state index < -0.39 is 5.67 Å². The van der Waals surface area contributed by atoms with Crippen LogP contribution >= 0.6 is 11.8 Å². The molecule has 149 valence electrons. The van der Waals surface area contributed by atoms with E-state index in [-0.39, 0.29) is 11.7 Å². The minimum atomic E-state index is -1.08. The predicted molar refractivity (Wildman–Crippen MR) is 109 cm³/mol. The first-order valence-corrected chi connectivity index (χ1v) is 10.3. The second-order valence-corrected chi connectivity index (χ2v) is 8.64. The molecule has 2 fully saturated rings. The van der Waals surface area contributed by atoms with E-state index in [4.69, 9.17) is 5.73 Å². The van der Waals surface area contributed by atoms with Crippen molar-refractivity contribution in [1.29, 1.82) is 0 Å². The van der Waals surface area contributed by atoms with Crippen LogP contribution in [0.2, 0.25) is 0 Å². The van der Waals surface area contributed by atoms with Crippen molar-refractivity contribution in [3.05, 3.63) is 36.2 Å². The zero-order chi connectivity index (χ0) is 20.0. The van der Waals surface area contributed by atoms with E-state index in [0.29, 0.717) is 35.7 Å². The molecular formula is C19H20FN8S. The molecule has 3 N–H and O–H groups in total. The van der Waals surface area contributed by atoms with Crippen molar-refractivity contribution in [3.8, 4) is 0 Å². The van der Waals surface area contributed by atoms with Crippen LogP contribution in [0.5, 0.6) is 0 Å². The number of nitrogens with one attached hydrogen (secondary N) is 3. The first kappa shape index (κ1) is 18.2. The second kappa shape index (κ2) is 6.87. The largest absolute Gasteiger partial charge is 0.350 e. The Labute approximate surface area is 171 Å². The van der Waals surface area contributed by atoms with E-state index in [2.05, 4.69) is 30.5 Å². The van der Waals surface area contributed by atoms with Gasteiger partial charge in [-0.15, -0.1) is 0 Å². The Balaban J connectivity index is 1.41. The normalized spacial score (nSPS) is 17.8. The van der Waals surface area contributed by atoms with Gasteiger partial charge in [-0.05, 0) is 49.6 Å². The standard InChI is InChI=1S/C19H20FN8S/c1-11-6-16(27-26-11)23-15-7-17(28-9-19(20,10-28)12-2-3-12)25-18(24-15)29-13-4-5-14(21)22-8-13/h4-8,12,21H,2-3,9-10H2,1H3,(H2,23,24,25,26,27). The van der Waals surface area contributed by atoms with Gasteiger partial charge in [-0.1, -0.05) is 0 Å². The molecular weight excluding hydrogens is 391 g/mol. The van der Waals surface area contributed by atoms with Crippen LogP contribution in [0.4, 0.5) is 27.7 Å². The molecule has 0 spiro atoms. The fraction of sp³-hybridized carbons (Fsp3) is 0.368. The summed E-state index contributed by atoms with van der Waals surface area (Å²) in [6.45, 7) is 2.66. The monoisotopic (exact) mass is 411 g/mol. The topological polar surface area (TPSA) is 106 Å². The van der Waals surface area contributed by atoms with Crippen LogP contribution in [0.25, 0.3) is 0 Å². The Bertz CT molecular complexity index is 1030. The summed E-state index contributed by atoms with van der Waals surface area (Å²) in [6.07, 6.45) is 3.59. The molecule has 29 heavy (non-hydrogen) atoms. The van der Waals surface area contributed by atoms with Crippen molar-refractivity contribution in [3.63, 3.8) is 0 Å². The van der Waals surface area contributed by atoms with Crippen LogP contribution in [0.3, 0.4) is 0 Å². The minimum Gasteiger partial charge on any atom is -0.350 e. The summed E-state index contributed by atoms with van der Waals surface area (Å²) in [6, 6.07) is 7.14. The van der Waals surface area contributed by atoms with Crippen LogP contribution < -0.4 is 16.0 Å². The number of aryl methyl sites for hydroxylation is 1. The highest BCUT2D eigenvalue weighted by Crippen LogP contribution is 2.48. The van der Waals surface area contributed by atoms with Gasteiger partial charge in [-0.3, -0.25) is 10.8 Å². The lowest BCUT2D eigenvalue weighted by Gasteiger charge is -2.45. The van der Waals surface area contributed by atoms with E-state index >= 15 is 0 Å². The third-order valence-corrected chi connectivity index (χ3v) is 5.98. The average molecular weight is 411 g/mol. The van der Waals surface area contributed by atoms with Gasteiger partial charge in [0.2, 0.25) is 0 Å². The molecule has 1 aliphatic heterocycles. The lowest BCUT2D eigenvalue weighted by Crippen LogP contribution is -2.60. The SMILES string of the molecule is Cc1cc(Nc2cc(N3CC(F)(C4CC4)C3)nc(Sc3ccc([NH])nc3)n2)n[nH]1. The first-order valence-electron chi connectivity index (χ1n) is 9.44. The Hall–Kier alpha value is -2.88. The zero-order valence-corrected chi connectivity index (χ0v) is 16.6. The molecule has 1 saturated carbocycles. The number of rotatable bonds is 6. The highest BCUT2D eigenvalue weighted by molar-refractivity contribution is 7.99. The first-order chi connectivity index (χ1) is 14.0.